The number of nitrogens with one attached hydrogen (secondary N) is 1. The molecule has 2 aliphatic heterocycles. The van der Waals surface area contributed by atoms with E-state index in [1.807, 2.05) is 42.5 Å². The number of rotatable bonds is 25. The Bertz CT molecular complexity index is 2570. The summed E-state index contributed by atoms with van der Waals surface area (Å²) in [4.78, 5) is 30.1. The maximum Gasteiger partial charge on any atom is 0.310 e. The maximum absolute atomic E-state index is 13.6. The molecule has 1 amide bonds. The fraction of sp³-hybridized carbons (Fsp3) is 0.581. The van der Waals surface area contributed by atoms with Gasteiger partial charge < -0.3 is 44.0 Å². The largest absolute Gasteiger partial charge is 0.493 e. The van der Waals surface area contributed by atoms with Crippen LogP contribution in [0.25, 0.3) is 0 Å². The van der Waals surface area contributed by atoms with Crippen LogP contribution in [0, 0.1) is 0 Å². The van der Waals surface area contributed by atoms with Crippen molar-refractivity contribution in [3.8, 4) is 23.0 Å². The van der Waals surface area contributed by atoms with Crippen molar-refractivity contribution in [1.29, 1.82) is 0 Å². The van der Waals surface area contributed by atoms with Crippen molar-refractivity contribution in [1.82, 2.24) is 9.80 Å². The molecule has 2 atom stereocenters. The van der Waals surface area contributed by atoms with Gasteiger partial charge in [-0.25, -0.2) is 0 Å². The van der Waals surface area contributed by atoms with Crippen molar-refractivity contribution >= 4 is 86.3 Å². The maximum atomic E-state index is 13.6. The molecule has 4 N–H and O–H groups in total. The minimum absolute atomic E-state index is 0.116. The Labute approximate surface area is 507 Å². The molecular formula is C62H94Cl4N4O9Si2. The standard InChI is InChI=1S/C31H46Cl2N2O4Si.C17H26Cl2O3Si.C14H22N2O2/c1-31(2,3)40(5,6)39-19-10-11-25(23-12-14-26(32)27(33)21-23)30(36)34-24-13-15-28(37-4)29(22-24)38-20-18-35-16-8-7-9-17-35;1-17(2,3)23(4,5)22-10-6-7-13(16(20)21)12-8-9-14(18)15(19)11-12;1-17-13-6-5-12(15)11-14(13)18-10-9-16-7-3-2-4-8-16/h12-15,21-22,25H,7-11,16-20H2,1-6H3,(H,34,36);8-9,11,13H,6-7,10H2,1-5H3,(H,20,21);5-6,11H,2-4,7-10,15H2,1H3. The molecule has 0 aliphatic carbocycles. The van der Waals surface area contributed by atoms with Crippen LogP contribution in [0.15, 0.2) is 72.8 Å². The second-order valence-corrected chi connectivity index (χ2v) is 35.3. The first kappa shape index (κ1) is 69.7. The quantitative estimate of drug-likeness (QED) is 0.0329. The van der Waals surface area contributed by atoms with E-state index in [4.69, 9.17) is 79.9 Å². The lowest BCUT2D eigenvalue weighted by Gasteiger charge is -2.36. The Morgan fingerprint density at radius 2 is 0.988 bits per heavy atom. The molecule has 2 unspecified atom stereocenters. The van der Waals surface area contributed by atoms with Gasteiger partial charge in [0.15, 0.2) is 39.6 Å². The van der Waals surface area contributed by atoms with E-state index in [0.717, 1.165) is 49.7 Å². The number of aliphatic carboxylic acids is 1. The number of halogens is 4. The highest BCUT2D eigenvalue weighted by Gasteiger charge is 2.38. The van der Waals surface area contributed by atoms with Gasteiger partial charge in [-0.05, 0) is 173 Å². The molecule has 0 saturated carbocycles. The number of carbonyl (C=O) groups excluding carboxylic acids is 1. The van der Waals surface area contributed by atoms with Crippen molar-refractivity contribution < 1.29 is 42.5 Å². The molecule has 0 radical (unpaired) electrons. The monoisotopic (exact) mass is 1230 g/mol. The number of piperidine rings is 2. The normalized spacial score (nSPS) is 15.3. The smallest absolute Gasteiger partial charge is 0.310 e. The summed E-state index contributed by atoms with van der Waals surface area (Å²) in [5, 5.41) is 14.6. The molecule has 6 rings (SSSR count). The highest BCUT2D eigenvalue weighted by Crippen LogP contribution is 2.39. The number of nitrogen functional groups attached to an aromatic ring is 1. The van der Waals surface area contributed by atoms with Gasteiger partial charge in [0, 0.05) is 49.8 Å². The zero-order valence-electron chi connectivity index (χ0n) is 50.4. The number of methoxy groups -OCH3 is 2. The van der Waals surface area contributed by atoms with E-state index in [9.17, 15) is 14.7 Å². The molecule has 2 fully saturated rings. The number of hydrogen-bond acceptors (Lipinski definition) is 11. The highest BCUT2D eigenvalue weighted by atomic mass is 35.5. The average molecular weight is 1240 g/mol. The number of carboxylic acid groups (broad SMARTS) is 1. The molecule has 19 heteroatoms. The Morgan fingerprint density at radius 3 is 1.41 bits per heavy atom. The van der Waals surface area contributed by atoms with Gasteiger partial charge in [-0.1, -0.05) is 113 Å². The van der Waals surface area contributed by atoms with E-state index in [1.165, 1.54) is 51.6 Å². The lowest BCUT2D eigenvalue weighted by atomic mass is 9.93. The molecule has 81 heavy (non-hydrogen) atoms. The Kier molecular flexibility index (Phi) is 29.0. The predicted molar refractivity (Wildman–Crippen MR) is 341 cm³/mol. The first-order valence-electron chi connectivity index (χ1n) is 28.7. The Morgan fingerprint density at radius 1 is 0.568 bits per heavy atom. The third-order valence-electron chi connectivity index (χ3n) is 16.0. The van der Waals surface area contributed by atoms with Crippen molar-refractivity contribution in [2.75, 3.05) is 91.0 Å². The van der Waals surface area contributed by atoms with Gasteiger partial charge in [0.1, 0.15) is 13.2 Å². The van der Waals surface area contributed by atoms with Crippen LogP contribution in [0.2, 0.25) is 56.4 Å². The van der Waals surface area contributed by atoms with Crippen LogP contribution in [0.1, 0.15) is 129 Å². The summed E-state index contributed by atoms with van der Waals surface area (Å²) >= 11 is 24.4. The van der Waals surface area contributed by atoms with Crippen molar-refractivity contribution in [2.45, 2.75) is 154 Å². The van der Waals surface area contributed by atoms with E-state index in [-0.39, 0.29) is 16.0 Å². The molecular weight excluding hydrogens is 1140 g/mol. The van der Waals surface area contributed by atoms with Crippen LogP contribution in [0.4, 0.5) is 11.4 Å². The van der Waals surface area contributed by atoms with Gasteiger partial charge >= 0.3 is 5.97 Å². The van der Waals surface area contributed by atoms with E-state index < -0.39 is 34.4 Å². The first-order chi connectivity index (χ1) is 38.2. The number of carbonyl (C=O) groups is 2. The zero-order chi connectivity index (χ0) is 60.0. The summed E-state index contributed by atoms with van der Waals surface area (Å²) in [5.41, 5.74) is 8.61. The van der Waals surface area contributed by atoms with E-state index in [0.29, 0.717) is 94.2 Å². The highest BCUT2D eigenvalue weighted by molar-refractivity contribution is 6.74. The number of nitrogens with zero attached hydrogens (tertiary/aromatic N) is 2. The van der Waals surface area contributed by atoms with Crippen LogP contribution in [0.5, 0.6) is 23.0 Å². The first-order valence-corrected chi connectivity index (χ1v) is 36.0. The fourth-order valence-electron chi connectivity index (χ4n) is 8.84. The fourth-order valence-corrected chi connectivity index (χ4v) is 11.6. The molecule has 13 nitrogen and oxygen atoms in total. The third kappa shape index (κ3) is 23.3. The Hall–Kier alpha value is -3.75. The lowest BCUT2D eigenvalue weighted by Crippen LogP contribution is -2.41. The number of ether oxygens (including phenoxy) is 4. The summed E-state index contributed by atoms with van der Waals surface area (Å²) < 4.78 is 35.1. The summed E-state index contributed by atoms with van der Waals surface area (Å²) in [6.07, 6.45) is 10.3. The van der Waals surface area contributed by atoms with E-state index in [1.54, 1.807) is 44.6 Å². The Balaban J connectivity index is 0.000000289. The molecule has 0 aromatic heterocycles. The van der Waals surface area contributed by atoms with Crippen LogP contribution in [0.3, 0.4) is 0 Å². The van der Waals surface area contributed by atoms with Crippen molar-refractivity contribution in [3.05, 3.63) is 104 Å². The lowest BCUT2D eigenvalue weighted by molar-refractivity contribution is -0.139. The number of amides is 1. The number of anilines is 2. The zero-order valence-corrected chi connectivity index (χ0v) is 55.4. The van der Waals surface area contributed by atoms with Crippen molar-refractivity contribution in [2.24, 2.45) is 0 Å². The van der Waals surface area contributed by atoms with Gasteiger partial charge in [-0.15, -0.1) is 0 Å². The minimum Gasteiger partial charge on any atom is -0.493 e. The molecule has 2 saturated heterocycles. The van der Waals surface area contributed by atoms with Crippen molar-refractivity contribution in [3.63, 3.8) is 0 Å². The van der Waals surface area contributed by atoms with Gasteiger partial charge in [-0.3, -0.25) is 19.4 Å². The molecule has 4 aromatic rings. The average Bonchev–Trinajstić information content (AvgIpc) is 3.41. The second-order valence-electron chi connectivity index (χ2n) is 24.1. The molecule has 452 valence electrons. The van der Waals surface area contributed by atoms with E-state index in [2.05, 4.69) is 82.8 Å². The van der Waals surface area contributed by atoms with Gasteiger partial charge in [0.25, 0.3) is 0 Å². The predicted octanol–water partition coefficient (Wildman–Crippen LogP) is 16.5. The third-order valence-corrected chi connectivity index (χ3v) is 26.5. The minimum atomic E-state index is -1.87. The SMILES string of the molecule is CC(C)(C)[Si](C)(C)OCCCC(C(=O)O)c1ccc(Cl)c(Cl)c1.COc1ccc(N)cc1OCCN1CCCCC1.COc1ccc(NC(=O)C(CCCO[Si](C)(C)C(C)(C)C)c2ccc(Cl)c(Cl)c2)cc1OCCN1CCCCC1. The summed E-state index contributed by atoms with van der Waals surface area (Å²) in [7, 11) is -0.388. The van der Waals surface area contributed by atoms with Crippen LogP contribution < -0.4 is 30.0 Å². The topological polar surface area (TPSA) is 154 Å². The summed E-state index contributed by atoms with van der Waals surface area (Å²) in [6.45, 7) is 31.0. The molecule has 2 aliphatic rings. The number of hydrogen-bond donors (Lipinski definition) is 3. The number of carboxylic acids is 1. The molecule has 2 heterocycles. The van der Waals surface area contributed by atoms with Crippen LogP contribution in [-0.4, -0.2) is 123 Å². The second kappa shape index (κ2) is 33.7. The summed E-state index contributed by atoms with van der Waals surface area (Å²) in [6, 6.07) is 21.4. The van der Waals surface area contributed by atoms with Gasteiger partial charge in [-0.2, -0.15) is 0 Å². The van der Waals surface area contributed by atoms with E-state index >= 15 is 0 Å². The van der Waals surface area contributed by atoms with Gasteiger partial charge in [0.05, 0.1) is 46.1 Å². The van der Waals surface area contributed by atoms with Crippen LogP contribution in [-0.2, 0) is 18.4 Å². The summed E-state index contributed by atoms with van der Waals surface area (Å²) in [5.74, 6) is 0.756. The number of likely N-dealkylation sites (tertiary alicyclic amines) is 2. The molecule has 0 bridgehead atoms. The van der Waals surface area contributed by atoms with Gasteiger partial charge in [0.2, 0.25) is 5.91 Å². The molecule has 4 aromatic carbocycles. The number of benzene rings is 4. The van der Waals surface area contributed by atoms with Crippen LogP contribution >= 0.6 is 46.4 Å². The number of nitrogens with two attached hydrogens (primary N) is 1. The molecule has 0 spiro atoms.